The van der Waals surface area contributed by atoms with E-state index in [9.17, 15) is 4.79 Å². The molecule has 53 valence electrons. The normalized spacial score (nSPS) is 9.20. The van der Waals surface area contributed by atoms with E-state index in [4.69, 9.17) is 0 Å². The predicted molar refractivity (Wildman–Crippen MR) is 36.2 cm³/mol. The van der Waals surface area contributed by atoms with Gasteiger partial charge in [-0.2, -0.15) is 0 Å². The van der Waals surface area contributed by atoms with Crippen LogP contribution in [0.3, 0.4) is 0 Å². The number of hydrogen-bond donors (Lipinski definition) is 1. The Kier molecular flexibility index (Phi) is 2.55. The van der Waals surface area contributed by atoms with Crippen LogP contribution in [0.15, 0.2) is 18.3 Å². The monoisotopic (exact) mass is 138 g/mol. The minimum absolute atomic E-state index is 0.323. The molecule has 0 amide bonds. The lowest BCUT2D eigenvalue weighted by Gasteiger charge is -1.93. The Morgan fingerprint density at radius 2 is 2.60 bits per heavy atom. The maximum atomic E-state index is 9.68. The SMILES string of the molecule is O=COC[CH]c1ccc[nH]1. The van der Waals surface area contributed by atoms with Crippen molar-refractivity contribution in [2.24, 2.45) is 0 Å². The lowest BCUT2D eigenvalue weighted by Crippen LogP contribution is -1.93. The summed E-state index contributed by atoms with van der Waals surface area (Å²) in [6.45, 7) is 0.753. The Morgan fingerprint density at radius 3 is 3.20 bits per heavy atom. The number of aromatic amines is 1. The molecular formula is C7H8NO2. The molecule has 1 aromatic rings. The van der Waals surface area contributed by atoms with Gasteiger partial charge in [0.15, 0.2) is 0 Å². The summed E-state index contributed by atoms with van der Waals surface area (Å²) in [6, 6.07) is 3.78. The molecule has 0 atom stereocenters. The highest BCUT2D eigenvalue weighted by Crippen LogP contribution is 1.96. The Morgan fingerprint density at radius 1 is 1.70 bits per heavy atom. The third kappa shape index (κ3) is 1.93. The van der Waals surface area contributed by atoms with Crippen molar-refractivity contribution in [2.75, 3.05) is 6.61 Å². The van der Waals surface area contributed by atoms with Crippen molar-refractivity contribution in [3.8, 4) is 0 Å². The van der Waals surface area contributed by atoms with E-state index in [0.717, 1.165) is 5.69 Å². The second-order valence-electron chi connectivity index (χ2n) is 1.76. The van der Waals surface area contributed by atoms with Crippen LogP contribution in [0.25, 0.3) is 0 Å². The number of aromatic nitrogens is 1. The predicted octanol–water partition coefficient (Wildman–Crippen LogP) is 0.740. The van der Waals surface area contributed by atoms with Crippen molar-refractivity contribution in [1.29, 1.82) is 0 Å². The van der Waals surface area contributed by atoms with Gasteiger partial charge < -0.3 is 9.72 Å². The second kappa shape index (κ2) is 3.71. The molecule has 10 heavy (non-hydrogen) atoms. The summed E-state index contributed by atoms with van der Waals surface area (Å²) < 4.78 is 4.45. The first-order chi connectivity index (χ1) is 4.93. The van der Waals surface area contributed by atoms with E-state index in [1.54, 1.807) is 6.42 Å². The second-order valence-corrected chi connectivity index (χ2v) is 1.76. The third-order valence-electron chi connectivity index (χ3n) is 1.09. The molecule has 1 aromatic heterocycles. The molecule has 0 aliphatic rings. The van der Waals surface area contributed by atoms with Crippen molar-refractivity contribution >= 4 is 6.47 Å². The highest BCUT2D eigenvalue weighted by atomic mass is 16.5. The summed E-state index contributed by atoms with van der Waals surface area (Å²) in [5.74, 6) is 0. The fourth-order valence-corrected chi connectivity index (χ4v) is 0.648. The van der Waals surface area contributed by atoms with Gasteiger partial charge in [0.2, 0.25) is 0 Å². The quantitative estimate of drug-likeness (QED) is 0.492. The number of rotatable bonds is 4. The largest absolute Gasteiger partial charge is 0.467 e. The van der Waals surface area contributed by atoms with E-state index in [-0.39, 0.29) is 0 Å². The van der Waals surface area contributed by atoms with Crippen molar-refractivity contribution in [3.63, 3.8) is 0 Å². The van der Waals surface area contributed by atoms with Crippen molar-refractivity contribution in [1.82, 2.24) is 4.98 Å². The van der Waals surface area contributed by atoms with Gasteiger partial charge in [-0.3, -0.25) is 4.79 Å². The van der Waals surface area contributed by atoms with Gasteiger partial charge in [0, 0.05) is 18.3 Å². The fraction of sp³-hybridized carbons (Fsp3) is 0.143. The highest BCUT2D eigenvalue weighted by molar-refractivity contribution is 5.37. The van der Waals surface area contributed by atoms with E-state index in [0.29, 0.717) is 13.1 Å². The number of H-pyrrole nitrogens is 1. The van der Waals surface area contributed by atoms with E-state index < -0.39 is 0 Å². The van der Waals surface area contributed by atoms with Gasteiger partial charge >= 0.3 is 0 Å². The molecule has 0 fully saturated rings. The minimum atomic E-state index is 0.323. The topological polar surface area (TPSA) is 42.1 Å². The number of carbonyl (C=O) groups is 1. The number of carbonyl (C=O) groups excluding carboxylic acids is 1. The fourth-order valence-electron chi connectivity index (χ4n) is 0.648. The van der Waals surface area contributed by atoms with Crippen LogP contribution >= 0.6 is 0 Å². The zero-order valence-electron chi connectivity index (χ0n) is 5.41. The maximum Gasteiger partial charge on any atom is 0.293 e. The summed E-state index contributed by atoms with van der Waals surface area (Å²) in [5, 5.41) is 0. The van der Waals surface area contributed by atoms with E-state index in [1.165, 1.54) is 0 Å². The Bertz CT molecular complexity index is 181. The molecule has 1 rings (SSSR count). The van der Waals surface area contributed by atoms with Crippen LogP contribution in [0.2, 0.25) is 0 Å². The molecule has 0 saturated carbocycles. The van der Waals surface area contributed by atoms with Crippen LogP contribution < -0.4 is 0 Å². The highest BCUT2D eigenvalue weighted by Gasteiger charge is 1.91. The first kappa shape index (κ1) is 6.86. The number of ether oxygens (including phenoxy) is 1. The Balaban J connectivity index is 2.21. The number of hydrogen-bond acceptors (Lipinski definition) is 2. The zero-order chi connectivity index (χ0) is 7.23. The van der Waals surface area contributed by atoms with Crippen LogP contribution in [0.4, 0.5) is 0 Å². The third-order valence-corrected chi connectivity index (χ3v) is 1.09. The summed E-state index contributed by atoms with van der Waals surface area (Å²) in [5.41, 5.74) is 0.960. The Hall–Kier alpha value is -1.25. The molecule has 1 N–H and O–H groups in total. The molecule has 3 nitrogen and oxygen atoms in total. The standard InChI is InChI=1S/C7H8NO2/c9-6-10-5-3-7-2-1-4-8-7/h1-4,6,8H,5H2. The van der Waals surface area contributed by atoms with Crippen LogP contribution in [-0.2, 0) is 9.53 Å². The number of nitrogens with one attached hydrogen (secondary N) is 1. The first-order valence-electron chi connectivity index (χ1n) is 2.95. The molecular weight excluding hydrogens is 130 g/mol. The van der Waals surface area contributed by atoms with Crippen LogP contribution in [0.1, 0.15) is 5.69 Å². The van der Waals surface area contributed by atoms with Gasteiger partial charge in [-0.05, 0) is 12.1 Å². The minimum Gasteiger partial charge on any atom is -0.467 e. The molecule has 3 heteroatoms. The van der Waals surface area contributed by atoms with E-state index >= 15 is 0 Å². The van der Waals surface area contributed by atoms with Gasteiger partial charge in [-0.25, -0.2) is 0 Å². The van der Waals surface area contributed by atoms with Gasteiger partial charge in [0.05, 0.1) is 0 Å². The van der Waals surface area contributed by atoms with Gasteiger partial charge in [-0.15, -0.1) is 0 Å². The molecule has 0 bridgehead atoms. The summed E-state index contributed by atoms with van der Waals surface area (Å²) in [7, 11) is 0. The molecule has 0 aromatic carbocycles. The molecule has 0 saturated heterocycles. The Labute approximate surface area is 59.0 Å². The van der Waals surface area contributed by atoms with Gasteiger partial charge in [0.1, 0.15) is 6.61 Å². The van der Waals surface area contributed by atoms with Crippen LogP contribution in [0, 0.1) is 6.42 Å². The smallest absolute Gasteiger partial charge is 0.293 e. The summed E-state index contributed by atoms with van der Waals surface area (Å²) >= 11 is 0. The van der Waals surface area contributed by atoms with Gasteiger partial charge in [0.25, 0.3) is 6.47 Å². The van der Waals surface area contributed by atoms with Gasteiger partial charge in [-0.1, -0.05) is 0 Å². The zero-order valence-corrected chi connectivity index (χ0v) is 5.41. The van der Waals surface area contributed by atoms with E-state index in [2.05, 4.69) is 9.72 Å². The molecule has 0 unspecified atom stereocenters. The lowest BCUT2D eigenvalue weighted by molar-refractivity contribution is -0.127. The van der Waals surface area contributed by atoms with Crippen LogP contribution in [0.5, 0.6) is 0 Å². The first-order valence-corrected chi connectivity index (χ1v) is 2.95. The average Bonchev–Trinajstić information content (AvgIpc) is 2.41. The molecule has 1 radical (unpaired) electrons. The van der Waals surface area contributed by atoms with Crippen LogP contribution in [-0.4, -0.2) is 18.1 Å². The average molecular weight is 138 g/mol. The molecule has 0 aliphatic carbocycles. The summed E-state index contributed by atoms with van der Waals surface area (Å²) in [6.07, 6.45) is 3.60. The summed E-state index contributed by atoms with van der Waals surface area (Å²) in [4.78, 5) is 12.6. The molecule has 0 aliphatic heterocycles. The lowest BCUT2D eigenvalue weighted by atomic mass is 10.3. The van der Waals surface area contributed by atoms with Crippen molar-refractivity contribution < 1.29 is 9.53 Å². The van der Waals surface area contributed by atoms with Crippen molar-refractivity contribution in [3.05, 3.63) is 30.4 Å². The molecule has 1 heterocycles. The maximum absolute atomic E-state index is 9.68. The van der Waals surface area contributed by atoms with Crippen molar-refractivity contribution in [2.45, 2.75) is 0 Å². The molecule has 0 spiro atoms. The van der Waals surface area contributed by atoms with E-state index in [1.807, 2.05) is 18.3 Å².